The minimum Gasteiger partial charge on any atom is -0.339 e. The number of carbonyl (C=O) groups is 1. The second kappa shape index (κ2) is 6.62. The Labute approximate surface area is 130 Å². The Morgan fingerprint density at radius 1 is 1.29 bits per heavy atom. The maximum absolute atomic E-state index is 12.1. The van der Waals surface area contributed by atoms with Gasteiger partial charge in [-0.05, 0) is 30.5 Å². The van der Waals surface area contributed by atoms with Gasteiger partial charge in [0.2, 0.25) is 5.91 Å². The van der Waals surface area contributed by atoms with Crippen LogP contribution in [-0.2, 0) is 14.6 Å². The van der Waals surface area contributed by atoms with Gasteiger partial charge in [-0.2, -0.15) is 0 Å². The molecule has 1 aromatic rings. The topological polar surface area (TPSA) is 54.5 Å². The molecule has 21 heavy (non-hydrogen) atoms. The molecule has 4 nitrogen and oxygen atoms in total. The highest BCUT2D eigenvalue weighted by molar-refractivity contribution is 7.91. The molecule has 1 aliphatic heterocycles. The number of rotatable bonds is 3. The predicted molar refractivity (Wildman–Crippen MR) is 84.9 cm³/mol. The number of amides is 1. The first-order chi connectivity index (χ1) is 9.88. The lowest BCUT2D eigenvalue weighted by molar-refractivity contribution is -0.126. The van der Waals surface area contributed by atoms with E-state index in [2.05, 4.69) is 0 Å². The van der Waals surface area contributed by atoms with Crippen molar-refractivity contribution in [2.75, 3.05) is 19.3 Å². The molecule has 0 N–H and O–H groups in total. The Kier molecular flexibility index (Phi) is 5.06. The fraction of sp³-hybridized carbons (Fsp3) is 0.400. The molecule has 1 saturated heterocycles. The molecule has 0 aromatic heterocycles. The number of carbonyl (C=O) groups excluding carboxylic acids is 1. The molecule has 0 radical (unpaired) electrons. The fourth-order valence-electron chi connectivity index (χ4n) is 2.38. The Morgan fingerprint density at radius 2 is 1.90 bits per heavy atom. The van der Waals surface area contributed by atoms with Crippen LogP contribution in [0.3, 0.4) is 0 Å². The van der Waals surface area contributed by atoms with Gasteiger partial charge < -0.3 is 4.90 Å². The van der Waals surface area contributed by atoms with Crippen molar-refractivity contribution in [1.29, 1.82) is 0 Å². The minimum atomic E-state index is -3.01. The fourth-order valence-corrected chi connectivity index (χ4v) is 3.65. The lowest BCUT2D eigenvalue weighted by Gasteiger charge is -2.30. The summed E-state index contributed by atoms with van der Waals surface area (Å²) in [5.41, 5.74) is 0.790. The van der Waals surface area contributed by atoms with Gasteiger partial charge in [-0.15, -0.1) is 0 Å². The number of benzene rings is 1. The first kappa shape index (κ1) is 16.0. The molecule has 1 heterocycles. The van der Waals surface area contributed by atoms with Gasteiger partial charge in [0.05, 0.1) is 5.25 Å². The van der Waals surface area contributed by atoms with E-state index >= 15 is 0 Å². The Balaban J connectivity index is 1.95. The molecule has 1 aliphatic rings. The maximum Gasteiger partial charge on any atom is 0.246 e. The standard InChI is InChI=1S/C15H18ClNO3S/c1-21(19,20)13-8-10-17(11-9-13)15(18)7-6-12-4-2-3-5-14(12)16/h2-7,13H,8-11H2,1H3/b7-6+. The number of hydrogen-bond donors (Lipinski definition) is 0. The molecule has 0 bridgehead atoms. The van der Waals surface area contributed by atoms with Crippen LogP contribution in [0.25, 0.3) is 6.08 Å². The van der Waals surface area contributed by atoms with Crippen LogP contribution >= 0.6 is 11.6 Å². The minimum absolute atomic E-state index is 0.109. The van der Waals surface area contributed by atoms with Crippen molar-refractivity contribution < 1.29 is 13.2 Å². The van der Waals surface area contributed by atoms with Crippen LogP contribution in [0, 0.1) is 0 Å². The van der Waals surface area contributed by atoms with Crippen LogP contribution in [0.4, 0.5) is 0 Å². The van der Waals surface area contributed by atoms with E-state index in [0.717, 1.165) is 5.56 Å². The Bertz CT molecular complexity index is 647. The van der Waals surface area contributed by atoms with Gasteiger partial charge in [-0.25, -0.2) is 8.42 Å². The second-order valence-electron chi connectivity index (χ2n) is 5.21. The number of hydrogen-bond acceptors (Lipinski definition) is 3. The summed E-state index contributed by atoms with van der Waals surface area (Å²) in [5, 5.41) is 0.270. The van der Waals surface area contributed by atoms with Crippen molar-refractivity contribution in [3.63, 3.8) is 0 Å². The number of piperidine rings is 1. The summed E-state index contributed by atoms with van der Waals surface area (Å²) < 4.78 is 23.0. The molecule has 2 rings (SSSR count). The molecule has 1 amide bonds. The highest BCUT2D eigenvalue weighted by Gasteiger charge is 2.27. The molecule has 114 valence electrons. The molecule has 6 heteroatoms. The van der Waals surface area contributed by atoms with Gasteiger partial charge in [-0.1, -0.05) is 29.8 Å². The Morgan fingerprint density at radius 3 is 2.48 bits per heavy atom. The SMILES string of the molecule is CS(=O)(=O)C1CCN(C(=O)/C=C/c2ccccc2Cl)CC1. The molecule has 0 spiro atoms. The second-order valence-corrected chi connectivity index (χ2v) is 7.94. The van der Waals surface area contributed by atoms with Gasteiger partial charge in [-0.3, -0.25) is 4.79 Å². The van der Waals surface area contributed by atoms with E-state index in [0.29, 0.717) is 31.0 Å². The lowest BCUT2D eigenvalue weighted by atomic mass is 10.1. The van der Waals surface area contributed by atoms with Crippen LogP contribution in [0.1, 0.15) is 18.4 Å². The summed E-state index contributed by atoms with van der Waals surface area (Å²) in [5.74, 6) is -0.109. The van der Waals surface area contributed by atoms with Crippen molar-refractivity contribution in [3.05, 3.63) is 40.9 Å². The summed E-state index contributed by atoms with van der Waals surface area (Å²) in [7, 11) is -3.01. The monoisotopic (exact) mass is 327 g/mol. The summed E-state index contributed by atoms with van der Waals surface area (Å²) in [4.78, 5) is 13.8. The van der Waals surface area contributed by atoms with E-state index < -0.39 is 9.84 Å². The molecule has 0 aliphatic carbocycles. The zero-order valence-corrected chi connectivity index (χ0v) is 13.4. The van der Waals surface area contributed by atoms with E-state index in [1.165, 1.54) is 12.3 Å². The summed E-state index contributed by atoms with van der Waals surface area (Å²) in [6.45, 7) is 0.951. The number of sulfone groups is 1. The predicted octanol–water partition coefficient (Wildman–Crippen LogP) is 2.39. The van der Waals surface area contributed by atoms with Gasteiger partial charge in [0, 0.05) is 30.4 Å². The zero-order chi connectivity index (χ0) is 15.5. The van der Waals surface area contributed by atoms with E-state index in [-0.39, 0.29) is 11.2 Å². The van der Waals surface area contributed by atoms with Crippen molar-refractivity contribution in [2.24, 2.45) is 0 Å². The van der Waals surface area contributed by atoms with Crippen molar-refractivity contribution in [3.8, 4) is 0 Å². The smallest absolute Gasteiger partial charge is 0.246 e. The molecule has 0 atom stereocenters. The largest absolute Gasteiger partial charge is 0.339 e. The quantitative estimate of drug-likeness (QED) is 0.801. The Hall–Kier alpha value is -1.33. The summed E-state index contributed by atoms with van der Waals surface area (Å²) >= 11 is 6.02. The van der Waals surface area contributed by atoms with Crippen LogP contribution in [0.5, 0.6) is 0 Å². The van der Waals surface area contributed by atoms with Crippen LogP contribution in [0.2, 0.25) is 5.02 Å². The number of nitrogens with zero attached hydrogens (tertiary/aromatic N) is 1. The highest BCUT2D eigenvalue weighted by Crippen LogP contribution is 2.19. The third-order valence-electron chi connectivity index (χ3n) is 3.67. The van der Waals surface area contributed by atoms with Gasteiger partial charge >= 0.3 is 0 Å². The molecule has 1 aromatic carbocycles. The molecular weight excluding hydrogens is 310 g/mol. The average molecular weight is 328 g/mol. The summed E-state index contributed by atoms with van der Waals surface area (Å²) in [6.07, 6.45) is 5.44. The van der Waals surface area contributed by atoms with Gasteiger partial charge in [0.25, 0.3) is 0 Å². The lowest BCUT2D eigenvalue weighted by Crippen LogP contribution is -2.41. The molecule has 0 saturated carbocycles. The van der Waals surface area contributed by atoms with E-state index in [4.69, 9.17) is 11.6 Å². The van der Waals surface area contributed by atoms with Crippen LogP contribution in [0.15, 0.2) is 30.3 Å². The number of halogens is 1. The van der Waals surface area contributed by atoms with Crippen molar-refractivity contribution >= 4 is 33.4 Å². The van der Waals surface area contributed by atoms with E-state index in [9.17, 15) is 13.2 Å². The molecule has 1 fully saturated rings. The molecule has 0 unspecified atom stereocenters. The zero-order valence-electron chi connectivity index (χ0n) is 11.8. The van der Waals surface area contributed by atoms with Crippen molar-refractivity contribution in [1.82, 2.24) is 4.90 Å². The third kappa shape index (κ3) is 4.32. The average Bonchev–Trinajstić information content (AvgIpc) is 2.45. The normalized spacial score (nSPS) is 17.3. The van der Waals surface area contributed by atoms with E-state index in [1.807, 2.05) is 18.2 Å². The van der Waals surface area contributed by atoms with Gasteiger partial charge in [0.1, 0.15) is 9.84 Å². The third-order valence-corrected chi connectivity index (χ3v) is 5.70. The van der Waals surface area contributed by atoms with Gasteiger partial charge in [0.15, 0.2) is 0 Å². The van der Waals surface area contributed by atoms with Crippen LogP contribution < -0.4 is 0 Å². The summed E-state index contributed by atoms with van der Waals surface area (Å²) in [6, 6.07) is 7.29. The van der Waals surface area contributed by atoms with Crippen LogP contribution in [-0.4, -0.2) is 43.8 Å². The maximum atomic E-state index is 12.1. The van der Waals surface area contributed by atoms with E-state index in [1.54, 1.807) is 17.0 Å². The van der Waals surface area contributed by atoms with Crippen molar-refractivity contribution in [2.45, 2.75) is 18.1 Å². The highest BCUT2D eigenvalue weighted by atomic mass is 35.5. The first-order valence-electron chi connectivity index (χ1n) is 6.78. The molecular formula is C15H18ClNO3S. The number of likely N-dealkylation sites (tertiary alicyclic amines) is 1. The first-order valence-corrected chi connectivity index (χ1v) is 9.11.